The van der Waals surface area contributed by atoms with Gasteiger partial charge in [0.25, 0.3) is 0 Å². The number of nitrogens with two attached hydrogens (primary N) is 1. The molecule has 1 heterocycles. The van der Waals surface area contributed by atoms with Crippen LogP contribution in [0.15, 0.2) is 12.1 Å². The van der Waals surface area contributed by atoms with E-state index in [-0.39, 0.29) is 5.75 Å². The molecule has 1 aromatic carbocycles. The van der Waals surface area contributed by atoms with Gasteiger partial charge in [-0.25, -0.2) is 4.39 Å². The molecule has 88 valence electrons. The molecule has 2 nitrogen and oxygen atoms in total. The molecule has 2 N–H and O–H groups in total. The van der Waals surface area contributed by atoms with Crippen molar-refractivity contribution in [1.29, 1.82) is 0 Å². The van der Waals surface area contributed by atoms with Crippen LogP contribution < -0.4 is 10.5 Å². The molecule has 0 saturated carbocycles. The maximum absolute atomic E-state index is 13.4. The number of hydrogen-bond donors (Lipinski definition) is 1. The second kappa shape index (κ2) is 4.01. The number of hydrogen-bond acceptors (Lipinski definition) is 2. The van der Waals surface area contributed by atoms with Crippen molar-refractivity contribution in [2.45, 2.75) is 31.8 Å². The number of rotatable bonds is 3. The van der Waals surface area contributed by atoms with Crippen LogP contribution in [0.1, 0.15) is 25.3 Å². The van der Waals surface area contributed by atoms with Crippen LogP contribution in [-0.2, 0) is 6.42 Å². The molecule has 1 aliphatic rings. The highest BCUT2D eigenvalue weighted by Crippen LogP contribution is 2.39. The van der Waals surface area contributed by atoms with Crippen LogP contribution in [0, 0.1) is 11.6 Å². The zero-order valence-electron chi connectivity index (χ0n) is 9.22. The highest BCUT2D eigenvalue weighted by Gasteiger charge is 2.36. The van der Waals surface area contributed by atoms with Gasteiger partial charge in [0.15, 0.2) is 11.6 Å². The molecule has 4 heteroatoms. The molecule has 0 radical (unpaired) electrons. The summed E-state index contributed by atoms with van der Waals surface area (Å²) in [6.45, 7) is 2.48. The van der Waals surface area contributed by atoms with Crippen molar-refractivity contribution in [1.82, 2.24) is 0 Å². The third-order valence-corrected chi connectivity index (χ3v) is 2.95. The Morgan fingerprint density at radius 1 is 1.44 bits per heavy atom. The van der Waals surface area contributed by atoms with Crippen LogP contribution in [0.2, 0.25) is 0 Å². The Bertz CT molecular complexity index is 408. The summed E-state index contributed by atoms with van der Waals surface area (Å²) in [5.41, 5.74) is 5.72. The Morgan fingerprint density at radius 2 is 2.19 bits per heavy atom. The lowest BCUT2D eigenvalue weighted by atomic mass is 9.94. The van der Waals surface area contributed by atoms with Gasteiger partial charge in [0.2, 0.25) is 5.82 Å². The van der Waals surface area contributed by atoms with E-state index in [0.717, 1.165) is 24.5 Å². The van der Waals surface area contributed by atoms with Crippen LogP contribution in [-0.4, -0.2) is 12.1 Å². The van der Waals surface area contributed by atoms with Gasteiger partial charge in [-0.3, -0.25) is 0 Å². The van der Waals surface area contributed by atoms with E-state index in [1.165, 1.54) is 0 Å². The zero-order chi connectivity index (χ0) is 11.8. The summed E-state index contributed by atoms with van der Waals surface area (Å²) in [5, 5.41) is 0. The fourth-order valence-corrected chi connectivity index (χ4v) is 2.12. The van der Waals surface area contributed by atoms with E-state index in [1.807, 2.05) is 6.92 Å². The Hall–Kier alpha value is -1.16. The Balaban J connectivity index is 2.23. The van der Waals surface area contributed by atoms with E-state index in [0.29, 0.717) is 13.0 Å². The third kappa shape index (κ3) is 1.89. The van der Waals surface area contributed by atoms with Crippen molar-refractivity contribution in [2.75, 3.05) is 6.54 Å². The van der Waals surface area contributed by atoms with Crippen LogP contribution in [0.4, 0.5) is 8.78 Å². The first-order valence-electron chi connectivity index (χ1n) is 5.42. The van der Waals surface area contributed by atoms with Gasteiger partial charge in [0, 0.05) is 12.0 Å². The summed E-state index contributed by atoms with van der Waals surface area (Å²) in [7, 11) is 0. The average molecular weight is 227 g/mol. The monoisotopic (exact) mass is 227 g/mol. The van der Waals surface area contributed by atoms with Gasteiger partial charge in [-0.15, -0.1) is 0 Å². The molecule has 2 rings (SSSR count). The van der Waals surface area contributed by atoms with Gasteiger partial charge in [-0.2, -0.15) is 4.39 Å². The molecule has 1 aliphatic heterocycles. The molecule has 1 unspecified atom stereocenters. The Morgan fingerprint density at radius 3 is 2.88 bits per heavy atom. The average Bonchev–Trinajstić information content (AvgIpc) is 2.60. The molecule has 0 bridgehead atoms. The van der Waals surface area contributed by atoms with Gasteiger partial charge < -0.3 is 10.5 Å². The number of halogens is 2. The summed E-state index contributed by atoms with van der Waals surface area (Å²) in [6.07, 6.45) is 2.17. The first-order chi connectivity index (χ1) is 7.56. The topological polar surface area (TPSA) is 35.2 Å². The number of benzene rings is 1. The van der Waals surface area contributed by atoms with E-state index < -0.39 is 17.2 Å². The van der Waals surface area contributed by atoms with Crippen molar-refractivity contribution in [3.63, 3.8) is 0 Å². The molecular weight excluding hydrogens is 212 g/mol. The molecule has 1 atom stereocenters. The second-order valence-corrected chi connectivity index (χ2v) is 4.47. The lowest BCUT2D eigenvalue weighted by molar-refractivity contribution is 0.0987. The smallest absolute Gasteiger partial charge is 0.200 e. The van der Waals surface area contributed by atoms with Crippen molar-refractivity contribution in [3.05, 3.63) is 29.3 Å². The van der Waals surface area contributed by atoms with Crippen LogP contribution in [0.5, 0.6) is 5.75 Å². The van der Waals surface area contributed by atoms with Gasteiger partial charge in [0.05, 0.1) is 0 Å². The number of ether oxygens (including phenoxy) is 1. The quantitative estimate of drug-likeness (QED) is 0.860. The molecule has 16 heavy (non-hydrogen) atoms. The minimum Gasteiger partial charge on any atom is -0.484 e. The van der Waals surface area contributed by atoms with Crippen molar-refractivity contribution in [2.24, 2.45) is 5.73 Å². The predicted molar refractivity (Wildman–Crippen MR) is 57.4 cm³/mol. The first-order valence-corrected chi connectivity index (χ1v) is 5.42. The second-order valence-electron chi connectivity index (χ2n) is 4.47. The molecule has 0 amide bonds. The molecule has 0 aliphatic carbocycles. The summed E-state index contributed by atoms with van der Waals surface area (Å²) in [6, 6.07) is 2.73. The summed E-state index contributed by atoms with van der Waals surface area (Å²) in [4.78, 5) is 0. The maximum Gasteiger partial charge on any atom is 0.200 e. The highest BCUT2D eigenvalue weighted by molar-refractivity contribution is 5.40. The minimum atomic E-state index is -0.881. The fourth-order valence-electron chi connectivity index (χ4n) is 2.12. The van der Waals surface area contributed by atoms with E-state index in [9.17, 15) is 8.78 Å². The lowest BCUT2D eigenvalue weighted by Crippen LogP contribution is -2.30. The standard InChI is InChI=1S/C12H15F2NO/c1-12(5-2-6-15)7-8-3-4-9(13)10(14)11(8)16-12/h3-4H,2,5-7,15H2,1H3. The summed E-state index contributed by atoms with van der Waals surface area (Å²) < 4.78 is 32.0. The highest BCUT2D eigenvalue weighted by atomic mass is 19.2. The largest absolute Gasteiger partial charge is 0.484 e. The van der Waals surface area contributed by atoms with Crippen LogP contribution in [0.3, 0.4) is 0 Å². The Kier molecular flexibility index (Phi) is 2.84. The van der Waals surface area contributed by atoms with Gasteiger partial charge in [-0.05, 0) is 32.4 Å². The molecule has 0 fully saturated rings. The normalized spacial score (nSPS) is 23.0. The van der Waals surface area contributed by atoms with E-state index >= 15 is 0 Å². The van der Waals surface area contributed by atoms with Crippen LogP contribution in [0.25, 0.3) is 0 Å². The minimum absolute atomic E-state index is 0.0690. The maximum atomic E-state index is 13.4. The molecular formula is C12H15F2NO. The predicted octanol–water partition coefficient (Wildman–Crippen LogP) is 2.40. The van der Waals surface area contributed by atoms with Crippen molar-refractivity contribution >= 4 is 0 Å². The van der Waals surface area contributed by atoms with Gasteiger partial charge in [-0.1, -0.05) is 6.07 Å². The summed E-state index contributed by atoms with van der Waals surface area (Å²) in [5.74, 6) is -1.67. The van der Waals surface area contributed by atoms with Crippen molar-refractivity contribution in [3.8, 4) is 5.75 Å². The van der Waals surface area contributed by atoms with E-state index in [2.05, 4.69) is 0 Å². The number of fused-ring (bicyclic) bond motifs is 1. The molecule has 0 aromatic heterocycles. The van der Waals surface area contributed by atoms with Gasteiger partial charge >= 0.3 is 0 Å². The molecule has 1 aromatic rings. The molecule has 0 spiro atoms. The van der Waals surface area contributed by atoms with Crippen molar-refractivity contribution < 1.29 is 13.5 Å². The fraction of sp³-hybridized carbons (Fsp3) is 0.500. The third-order valence-electron chi connectivity index (χ3n) is 2.95. The molecule has 0 saturated heterocycles. The van der Waals surface area contributed by atoms with E-state index in [1.54, 1.807) is 6.07 Å². The summed E-state index contributed by atoms with van der Waals surface area (Å²) >= 11 is 0. The first kappa shape index (κ1) is 11.3. The SMILES string of the molecule is CC1(CCCN)Cc2ccc(F)c(F)c2O1. The van der Waals surface area contributed by atoms with Crippen LogP contribution >= 0.6 is 0 Å². The Labute approximate surface area is 93.4 Å². The lowest BCUT2D eigenvalue weighted by Gasteiger charge is -2.23. The van der Waals surface area contributed by atoms with E-state index in [4.69, 9.17) is 10.5 Å². The zero-order valence-corrected chi connectivity index (χ0v) is 9.22. The van der Waals surface area contributed by atoms with Gasteiger partial charge in [0.1, 0.15) is 5.60 Å².